The summed E-state index contributed by atoms with van der Waals surface area (Å²) in [7, 11) is 0. The summed E-state index contributed by atoms with van der Waals surface area (Å²) in [6.45, 7) is 1.51. The summed E-state index contributed by atoms with van der Waals surface area (Å²) < 4.78 is 13.4. The Labute approximate surface area is 252 Å². The molecule has 1 fully saturated rings. The molecule has 208 valence electrons. The minimum absolute atomic E-state index is 0.193. The number of halogens is 2. The number of ether oxygens (including phenoxy) is 2. The molecule has 1 atom stereocenters. The standard InChI is InChI=1S/C32H27BrClN3O4/c33-31-23(8-4-9-26(31)22-6-2-1-3-7-22)20-41-30-16-29(40-19-21-11-12-36-25(14-21)17-35)24(15-27(30)34)18-37-13-5-10-28(37)32(38)39/h1-4,6-9,11-12,14-16,28H,5,10,13,18-20H2,(H,38,39)/t28-/m0/s1. The van der Waals surface area contributed by atoms with E-state index in [4.69, 9.17) is 21.1 Å². The van der Waals surface area contributed by atoms with Gasteiger partial charge in [-0.1, -0.05) is 60.1 Å². The first kappa shape index (κ1) is 28.6. The molecule has 1 aliphatic heterocycles. The summed E-state index contributed by atoms with van der Waals surface area (Å²) in [6, 6.07) is 24.6. The average Bonchev–Trinajstić information content (AvgIpc) is 3.46. The maximum atomic E-state index is 11.8. The topological polar surface area (TPSA) is 95.7 Å². The van der Waals surface area contributed by atoms with Crippen molar-refractivity contribution < 1.29 is 19.4 Å². The first-order valence-electron chi connectivity index (χ1n) is 13.2. The van der Waals surface area contributed by atoms with Gasteiger partial charge in [0.05, 0.1) is 5.02 Å². The number of likely N-dealkylation sites (tertiary alicyclic amines) is 1. The molecule has 1 aromatic heterocycles. The number of aromatic nitrogens is 1. The zero-order valence-electron chi connectivity index (χ0n) is 22.1. The number of aliphatic carboxylic acids is 1. The van der Waals surface area contributed by atoms with Crippen LogP contribution in [0.25, 0.3) is 11.1 Å². The monoisotopic (exact) mass is 631 g/mol. The summed E-state index contributed by atoms with van der Waals surface area (Å²) in [5.74, 6) is 0.152. The number of hydrogen-bond donors (Lipinski definition) is 1. The van der Waals surface area contributed by atoms with E-state index in [1.165, 1.54) is 0 Å². The molecule has 0 spiro atoms. The fourth-order valence-corrected chi connectivity index (χ4v) is 5.78. The molecule has 3 aromatic carbocycles. The van der Waals surface area contributed by atoms with Crippen molar-refractivity contribution in [2.24, 2.45) is 0 Å². The Hall–Kier alpha value is -3.90. The summed E-state index contributed by atoms with van der Waals surface area (Å²) in [5.41, 5.74) is 4.96. The van der Waals surface area contributed by atoms with Crippen LogP contribution in [-0.2, 0) is 24.6 Å². The maximum absolute atomic E-state index is 11.8. The number of hydrogen-bond acceptors (Lipinski definition) is 6. The summed E-state index contributed by atoms with van der Waals surface area (Å²) in [6.07, 6.45) is 2.98. The van der Waals surface area contributed by atoms with Gasteiger partial charge < -0.3 is 14.6 Å². The highest BCUT2D eigenvalue weighted by molar-refractivity contribution is 9.10. The third-order valence-electron chi connectivity index (χ3n) is 7.02. The number of carboxylic acids is 1. The molecule has 4 aromatic rings. The predicted octanol–water partition coefficient (Wildman–Crippen LogP) is 7.24. The van der Waals surface area contributed by atoms with E-state index >= 15 is 0 Å². The van der Waals surface area contributed by atoms with Gasteiger partial charge in [0.1, 0.15) is 42.5 Å². The Morgan fingerprint density at radius 1 is 1.05 bits per heavy atom. The van der Waals surface area contributed by atoms with Crippen molar-refractivity contribution in [3.8, 4) is 28.7 Å². The van der Waals surface area contributed by atoms with E-state index in [0.717, 1.165) is 38.7 Å². The van der Waals surface area contributed by atoms with Crippen molar-refractivity contribution in [3.05, 3.63) is 111 Å². The fraction of sp³-hybridized carbons (Fsp3) is 0.219. The van der Waals surface area contributed by atoms with Gasteiger partial charge in [0.25, 0.3) is 0 Å². The van der Waals surface area contributed by atoms with Crippen LogP contribution in [0.5, 0.6) is 11.5 Å². The van der Waals surface area contributed by atoms with Crippen LogP contribution in [-0.4, -0.2) is 33.5 Å². The second kappa shape index (κ2) is 13.2. The summed E-state index contributed by atoms with van der Waals surface area (Å²) in [4.78, 5) is 17.7. The van der Waals surface area contributed by atoms with Crippen molar-refractivity contribution in [2.75, 3.05) is 6.54 Å². The Morgan fingerprint density at radius 3 is 2.63 bits per heavy atom. The smallest absolute Gasteiger partial charge is 0.320 e. The Balaban J connectivity index is 1.40. The number of nitrogens with zero attached hydrogens (tertiary/aromatic N) is 3. The highest BCUT2D eigenvalue weighted by atomic mass is 79.9. The lowest BCUT2D eigenvalue weighted by molar-refractivity contribution is -0.142. The lowest BCUT2D eigenvalue weighted by atomic mass is 10.0. The van der Waals surface area contributed by atoms with Gasteiger partial charge in [0.15, 0.2) is 0 Å². The van der Waals surface area contributed by atoms with Crippen LogP contribution in [0, 0.1) is 11.3 Å². The quantitative estimate of drug-likeness (QED) is 0.197. The molecule has 0 saturated carbocycles. The first-order valence-corrected chi connectivity index (χ1v) is 14.3. The molecule has 9 heteroatoms. The van der Waals surface area contributed by atoms with Crippen molar-refractivity contribution in [3.63, 3.8) is 0 Å². The minimum atomic E-state index is -0.833. The molecule has 1 aliphatic rings. The highest BCUT2D eigenvalue weighted by Gasteiger charge is 2.31. The minimum Gasteiger partial charge on any atom is -0.488 e. The number of carbonyl (C=O) groups is 1. The SMILES string of the molecule is N#Cc1cc(COc2cc(OCc3cccc(-c4ccccc4)c3Br)c(Cl)cc2CN2CCC[C@H]2C(=O)O)ccn1. The molecule has 0 bridgehead atoms. The van der Waals surface area contributed by atoms with E-state index in [1.807, 2.05) is 41.3 Å². The normalized spacial score (nSPS) is 14.9. The number of rotatable bonds is 10. The molecule has 1 saturated heterocycles. The molecule has 0 unspecified atom stereocenters. The molecule has 2 heterocycles. The fourth-order valence-electron chi connectivity index (χ4n) is 4.93. The molecular formula is C32H27BrClN3O4. The molecule has 5 rings (SSSR count). The van der Waals surface area contributed by atoms with Crippen LogP contribution in [0.2, 0.25) is 5.02 Å². The molecule has 0 radical (unpaired) electrons. The van der Waals surface area contributed by atoms with Gasteiger partial charge in [-0.2, -0.15) is 5.26 Å². The van der Waals surface area contributed by atoms with Crippen LogP contribution in [0.3, 0.4) is 0 Å². The van der Waals surface area contributed by atoms with Crippen molar-refractivity contribution in [2.45, 2.75) is 38.6 Å². The maximum Gasteiger partial charge on any atom is 0.320 e. The van der Waals surface area contributed by atoms with Crippen LogP contribution in [0.4, 0.5) is 0 Å². The van der Waals surface area contributed by atoms with Gasteiger partial charge in [-0.15, -0.1) is 0 Å². The van der Waals surface area contributed by atoms with Gasteiger partial charge in [0, 0.05) is 34.4 Å². The largest absolute Gasteiger partial charge is 0.488 e. The summed E-state index contributed by atoms with van der Waals surface area (Å²) in [5, 5.41) is 19.3. The number of pyridine rings is 1. The van der Waals surface area contributed by atoms with E-state index in [0.29, 0.717) is 41.7 Å². The second-order valence-corrected chi connectivity index (χ2v) is 10.9. The number of nitriles is 1. The van der Waals surface area contributed by atoms with Gasteiger partial charge in [0.2, 0.25) is 0 Å². The second-order valence-electron chi connectivity index (χ2n) is 9.74. The van der Waals surface area contributed by atoms with Crippen LogP contribution in [0.1, 0.15) is 35.2 Å². The van der Waals surface area contributed by atoms with Crippen molar-refractivity contribution in [1.82, 2.24) is 9.88 Å². The average molecular weight is 633 g/mol. The van der Waals surface area contributed by atoms with E-state index in [1.54, 1.807) is 30.5 Å². The molecule has 1 N–H and O–H groups in total. The third kappa shape index (κ3) is 6.88. The Kier molecular flexibility index (Phi) is 9.20. The van der Waals surface area contributed by atoms with Crippen LogP contribution < -0.4 is 9.47 Å². The lowest BCUT2D eigenvalue weighted by Gasteiger charge is -2.23. The van der Waals surface area contributed by atoms with Crippen LogP contribution in [0.15, 0.2) is 83.5 Å². The number of carboxylic acid groups (broad SMARTS) is 1. The molecule has 41 heavy (non-hydrogen) atoms. The first-order chi connectivity index (χ1) is 19.9. The Morgan fingerprint density at radius 2 is 1.85 bits per heavy atom. The van der Waals surface area contributed by atoms with Gasteiger partial charge >= 0.3 is 5.97 Å². The zero-order chi connectivity index (χ0) is 28.8. The molecular weight excluding hydrogens is 606 g/mol. The lowest BCUT2D eigenvalue weighted by Crippen LogP contribution is -2.35. The van der Waals surface area contributed by atoms with Crippen LogP contribution >= 0.6 is 27.5 Å². The molecule has 7 nitrogen and oxygen atoms in total. The number of benzene rings is 3. The molecule has 0 aliphatic carbocycles. The third-order valence-corrected chi connectivity index (χ3v) is 8.25. The van der Waals surface area contributed by atoms with E-state index in [2.05, 4.69) is 39.1 Å². The Bertz CT molecular complexity index is 1590. The zero-order valence-corrected chi connectivity index (χ0v) is 24.4. The van der Waals surface area contributed by atoms with Gasteiger partial charge in [-0.25, -0.2) is 4.98 Å². The predicted molar refractivity (Wildman–Crippen MR) is 160 cm³/mol. The van der Waals surface area contributed by atoms with Crippen molar-refractivity contribution >= 4 is 33.5 Å². The highest BCUT2D eigenvalue weighted by Crippen LogP contribution is 2.37. The summed E-state index contributed by atoms with van der Waals surface area (Å²) >= 11 is 10.4. The van der Waals surface area contributed by atoms with Gasteiger partial charge in [-0.3, -0.25) is 9.69 Å². The van der Waals surface area contributed by atoms with E-state index in [9.17, 15) is 15.2 Å². The van der Waals surface area contributed by atoms with E-state index < -0.39 is 12.0 Å². The van der Waals surface area contributed by atoms with Crippen molar-refractivity contribution in [1.29, 1.82) is 5.26 Å². The van der Waals surface area contributed by atoms with Gasteiger partial charge in [-0.05, 0) is 70.2 Å². The molecule has 0 amide bonds. The van der Waals surface area contributed by atoms with E-state index in [-0.39, 0.29) is 13.2 Å².